The number of carbonyl (C=O) groups is 3. The number of aromatic nitrogens is 6. The van der Waals surface area contributed by atoms with E-state index in [9.17, 15) is 14.4 Å². The lowest BCUT2D eigenvalue weighted by atomic mass is 10.3. The topological polar surface area (TPSA) is 277 Å². The van der Waals surface area contributed by atoms with Gasteiger partial charge in [0.1, 0.15) is 16.8 Å². The molecule has 0 atom stereocenters. The van der Waals surface area contributed by atoms with Crippen molar-refractivity contribution in [2.24, 2.45) is 11.5 Å². The van der Waals surface area contributed by atoms with Crippen LogP contribution in [0.1, 0.15) is 29.9 Å². The molecule has 3 aromatic carbocycles. The molecule has 0 fully saturated rings. The maximum atomic E-state index is 12.0. The molecule has 0 unspecified atom stereocenters. The number of nitrogens with two attached hydrogens (primary N) is 2. The molecule has 6 rings (SSSR count). The molecule has 6 aromatic rings. The van der Waals surface area contributed by atoms with Gasteiger partial charge in [-0.2, -0.15) is 9.97 Å². The number of rotatable bonds is 14. The number of hydrogen-bond acceptors (Lipinski definition) is 13. The maximum Gasteiger partial charge on any atom is 0.326 e. The number of nitrogens with one attached hydrogen (secondary N) is 8. The van der Waals surface area contributed by atoms with Gasteiger partial charge >= 0.3 is 18.1 Å². The summed E-state index contributed by atoms with van der Waals surface area (Å²) in [6, 6.07) is 18.0. The molecule has 0 aliphatic heterocycles. The summed E-state index contributed by atoms with van der Waals surface area (Å²) in [5.41, 5.74) is 14.5. The predicted octanol–water partition coefficient (Wildman–Crippen LogP) is 11.4. The normalized spacial score (nSPS) is 10.3. The summed E-state index contributed by atoms with van der Waals surface area (Å²) < 4.78 is 0. The summed E-state index contributed by atoms with van der Waals surface area (Å²) in [5.74, 6) is 1.76. The van der Waals surface area contributed by atoms with Gasteiger partial charge in [0, 0.05) is 59.4 Å². The van der Waals surface area contributed by atoms with E-state index in [1.807, 2.05) is 13.8 Å². The van der Waals surface area contributed by atoms with E-state index in [1.165, 1.54) is 6.07 Å². The number of urea groups is 3. The Morgan fingerprint density at radius 1 is 0.426 bits per heavy atom. The first-order valence-corrected chi connectivity index (χ1v) is 22.7. The summed E-state index contributed by atoms with van der Waals surface area (Å²) >= 11 is 40.9. The van der Waals surface area contributed by atoms with Gasteiger partial charge in [0.05, 0.1) is 30.1 Å². The fraction of sp³-hybridized carbons (Fsp3) is 0.214. The Morgan fingerprint density at radius 3 is 1.06 bits per heavy atom. The van der Waals surface area contributed by atoms with Gasteiger partial charge in [-0.15, -0.1) is 0 Å². The van der Waals surface area contributed by atoms with Crippen LogP contribution in [0.2, 0.25) is 35.3 Å². The molecular formula is C42H45Cl7N16O3. The Labute approximate surface area is 426 Å². The van der Waals surface area contributed by atoms with Crippen LogP contribution in [0.4, 0.5) is 60.9 Å². The van der Waals surface area contributed by atoms with E-state index in [2.05, 4.69) is 72.4 Å². The molecule has 3 heterocycles. The average molecular weight is 1070 g/mol. The Balaban J connectivity index is 0.000000223. The Morgan fingerprint density at radius 2 is 0.750 bits per heavy atom. The summed E-state index contributed by atoms with van der Waals surface area (Å²) in [6.07, 6.45) is 1.65. The minimum Gasteiger partial charge on any atom is -0.370 e. The van der Waals surface area contributed by atoms with Crippen molar-refractivity contribution >= 4 is 146 Å². The van der Waals surface area contributed by atoms with Gasteiger partial charge in [-0.3, -0.25) is 16.0 Å². The van der Waals surface area contributed by atoms with Gasteiger partial charge in [-0.25, -0.2) is 34.3 Å². The Kier molecular flexibility index (Phi) is 22.5. The molecule has 0 saturated carbocycles. The van der Waals surface area contributed by atoms with Crippen LogP contribution in [0, 0.1) is 20.8 Å². The summed E-state index contributed by atoms with van der Waals surface area (Å²) in [7, 11) is 0. The standard InChI is InChI=1S/2C15H18Cl2N6O.C12H9Cl3N4O/c2*1-9-7-13(19-6-2-5-18)22-14(20-9)23-15(24)21-10-3-4-11(16)12(17)8-10;1-6-4-10(15)18-11(16-6)19-12(20)17-7-2-3-8(13)9(14)5-7/h2*3-4,7-8H,2,5-6,18H2,1H3,(H3,19,20,21,22,23,24);2-5H,1H3,(H2,16,17,18,19,20). The first-order valence-electron chi connectivity index (χ1n) is 20.1. The van der Waals surface area contributed by atoms with Crippen LogP contribution in [0.5, 0.6) is 0 Å². The van der Waals surface area contributed by atoms with Crippen molar-refractivity contribution in [3.05, 3.63) is 125 Å². The van der Waals surface area contributed by atoms with E-state index < -0.39 is 18.1 Å². The quantitative estimate of drug-likeness (QED) is 0.0359. The number of carbonyl (C=O) groups excluding carboxylic acids is 3. The van der Waals surface area contributed by atoms with Crippen molar-refractivity contribution in [1.82, 2.24) is 29.9 Å². The van der Waals surface area contributed by atoms with Crippen molar-refractivity contribution < 1.29 is 14.4 Å². The highest BCUT2D eigenvalue weighted by atomic mass is 35.5. The van der Waals surface area contributed by atoms with Crippen molar-refractivity contribution in [1.29, 1.82) is 0 Å². The highest BCUT2D eigenvalue weighted by molar-refractivity contribution is 6.43. The van der Waals surface area contributed by atoms with Gasteiger partial charge in [0.25, 0.3) is 0 Å². The van der Waals surface area contributed by atoms with E-state index >= 15 is 0 Å². The molecule has 0 aliphatic rings. The van der Waals surface area contributed by atoms with Crippen LogP contribution in [0.25, 0.3) is 0 Å². The number of aryl methyl sites for hydroxylation is 3. The smallest absolute Gasteiger partial charge is 0.326 e. The maximum absolute atomic E-state index is 12.0. The van der Waals surface area contributed by atoms with E-state index in [0.29, 0.717) is 90.7 Å². The minimum atomic E-state index is -0.509. The number of amides is 6. The average Bonchev–Trinajstić information content (AvgIpc) is 3.25. The molecular weight excluding hydrogens is 1020 g/mol. The van der Waals surface area contributed by atoms with Crippen molar-refractivity contribution in [2.45, 2.75) is 33.6 Å². The molecule has 0 spiro atoms. The van der Waals surface area contributed by atoms with Crippen LogP contribution >= 0.6 is 81.2 Å². The van der Waals surface area contributed by atoms with Gasteiger partial charge in [0.2, 0.25) is 17.8 Å². The largest absolute Gasteiger partial charge is 0.370 e. The molecule has 3 aromatic heterocycles. The van der Waals surface area contributed by atoms with Gasteiger partial charge in [0.15, 0.2) is 0 Å². The number of benzene rings is 3. The molecule has 0 saturated heterocycles. The van der Waals surface area contributed by atoms with E-state index in [4.69, 9.17) is 92.7 Å². The third-order valence-corrected chi connectivity index (χ3v) is 10.5. The van der Waals surface area contributed by atoms with Crippen molar-refractivity contribution in [3.63, 3.8) is 0 Å². The monoisotopic (exact) mass is 1070 g/mol. The molecule has 0 bridgehead atoms. The summed E-state index contributed by atoms with van der Waals surface area (Å²) in [6.45, 7) is 7.96. The third-order valence-electron chi connectivity index (χ3n) is 8.11. The first-order chi connectivity index (χ1) is 32.4. The van der Waals surface area contributed by atoms with E-state index in [0.717, 1.165) is 24.2 Å². The number of hydrogen-bond donors (Lipinski definition) is 10. The van der Waals surface area contributed by atoms with E-state index in [1.54, 1.807) is 73.7 Å². The van der Waals surface area contributed by atoms with Crippen molar-refractivity contribution in [2.75, 3.05) is 68.7 Å². The minimum absolute atomic E-state index is 0.118. The number of anilines is 8. The second kappa shape index (κ2) is 27.9. The second-order valence-electron chi connectivity index (χ2n) is 13.9. The molecule has 12 N–H and O–H groups in total. The molecule has 6 amide bonds. The molecule has 0 aliphatic carbocycles. The molecule has 0 radical (unpaired) electrons. The Hall–Kier alpha value is -5.74. The number of nitrogens with zero attached hydrogens (tertiary/aromatic N) is 6. The summed E-state index contributed by atoms with van der Waals surface area (Å²) in [4.78, 5) is 60.6. The predicted molar refractivity (Wildman–Crippen MR) is 277 cm³/mol. The third kappa shape index (κ3) is 19.8. The highest BCUT2D eigenvalue weighted by Crippen LogP contribution is 2.27. The molecule has 26 heteroatoms. The van der Waals surface area contributed by atoms with Crippen LogP contribution in [-0.4, -0.2) is 74.2 Å². The summed E-state index contributed by atoms with van der Waals surface area (Å²) in [5, 5.41) is 24.3. The lowest BCUT2D eigenvalue weighted by molar-refractivity contribution is 0.261. The molecule has 360 valence electrons. The fourth-order valence-corrected chi connectivity index (χ4v) is 6.30. The zero-order valence-electron chi connectivity index (χ0n) is 36.4. The molecule has 68 heavy (non-hydrogen) atoms. The number of halogens is 7. The van der Waals surface area contributed by atoms with Gasteiger partial charge < -0.3 is 38.1 Å². The van der Waals surface area contributed by atoms with Crippen molar-refractivity contribution in [3.8, 4) is 0 Å². The highest BCUT2D eigenvalue weighted by Gasteiger charge is 2.11. The Bertz CT molecular complexity index is 2540. The van der Waals surface area contributed by atoms with Crippen LogP contribution in [-0.2, 0) is 0 Å². The lowest BCUT2D eigenvalue weighted by Gasteiger charge is -2.10. The van der Waals surface area contributed by atoms with Gasteiger partial charge in [-0.05, 0) is 107 Å². The fourth-order valence-electron chi connectivity index (χ4n) is 5.17. The zero-order valence-corrected chi connectivity index (χ0v) is 41.7. The van der Waals surface area contributed by atoms with Gasteiger partial charge in [-0.1, -0.05) is 81.2 Å². The van der Waals surface area contributed by atoms with E-state index in [-0.39, 0.29) is 23.0 Å². The molecule has 19 nitrogen and oxygen atoms in total. The van der Waals surface area contributed by atoms with Crippen LogP contribution in [0.15, 0.2) is 72.8 Å². The lowest BCUT2D eigenvalue weighted by Crippen LogP contribution is -2.21. The SMILES string of the molecule is Cc1cc(Cl)nc(NC(=O)Nc2ccc(Cl)c(Cl)c2)n1.Cc1cc(NCCCN)nc(NC(=O)Nc2ccc(Cl)c(Cl)c2)n1.Cc1cc(NCCCN)nc(NC(=O)Nc2ccc(Cl)c(Cl)c2)n1. The first kappa shape index (κ1) is 54.9. The second-order valence-corrected chi connectivity index (χ2v) is 16.7. The van der Waals surface area contributed by atoms with Crippen LogP contribution in [0.3, 0.4) is 0 Å². The van der Waals surface area contributed by atoms with Crippen LogP contribution < -0.4 is 54.0 Å². The zero-order chi connectivity index (χ0) is 49.8.